The van der Waals surface area contributed by atoms with E-state index in [1.807, 2.05) is 20.8 Å². The zero-order valence-electron chi connectivity index (χ0n) is 10.8. The molecule has 1 aliphatic rings. The second-order valence-corrected chi connectivity index (χ2v) is 5.77. The number of ketones is 1. The molecule has 0 saturated carbocycles. The Morgan fingerprint density at radius 1 is 1.47 bits per heavy atom. The van der Waals surface area contributed by atoms with Crippen molar-refractivity contribution in [3.8, 4) is 0 Å². The second kappa shape index (κ2) is 4.65. The van der Waals surface area contributed by atoms with Gasteiger partial charge in [0.2, 0.25) is 0 Å². The summed E-state index contributed by atoms with van der Waals surface area (Å²) in [5.41, 5.74) is -0.194. The van der Waals surface area contributed by atoms with Gasteiger partial charge in [-0.2, -0.15) is 0 Å². The molecule has 1 aliphatic heterocycles. The maximum absolute atomic E-state index is 12.3. The van der Waals surface area contributed by atoms with Gasteiger partial charge in [0.25, 0.3) is 0 Å². The number of carbonyl (C=O) groups is 1. The highest BCUT2D eigenvalue weighted by Crippen LogP contribution is 2.28. The van der Waals surface area contributed by atoms with Gasteiger partial charge in [0.1, 0.15) is 0 Å². The van der Waals surface area contributed by atoms with Crippen molar-refractivity contribution in [2.75, 3.05) is 6.54 Å². The zero-order chi connectivity index (χ0) is 11.6. The SMILES string of the molecule is CCC(C)N1CCC[C@H]1C(=O)C(C)(C)C. The molecule has 2 nitrogen and oxygen atoms in total. The van der Waals surface area contributed by atoms with Gasteiger partial charge in [-0.25, -0.2) is 0 Å². The predicted molar refractivity (Wildman–Crippen MR) is 63.9 cm³/mol. The summed E-state index contributed by atoms with van der Waals surface area (Å²) in [5.74, 6) is 0.417. The number of nitrogens with zero attached hydrogens (tertiary/aromatic N) is 1. The maximum Gasteiger partial charge on any atom is 0.155 e. The minimum atomic E-state index is -0.194. The summed E-state index contributed by atoms with van der Waals surface area (Å²) in [7, 11) is 0. The first-order valence-corrected chi connectivity index (χ1v) is 6.18. The minimum absolute atomic E-state index is 0.181. The van der Waals surface area contributed by atoms with E-state index in [9.17, 15) is 4.79 Å². The molecule has 1 fully saturated rings. The molecule has 0 spiro atoms. The number of hydrogen-bond donors (Lipinski definition) is 0. The fraction of sp³-hybridized carbons (Fsp3) is 0.923. The Hall–Kier alpha value is -0.370. The van der Waals surface area contributed by atoms with E-state index in [2.05, 4.69) is 18.7 Å². The number of rotatable bonds is 3. The molecule has 2 atom stereocenters. The molecule has 0 N–H and O–H groups in total. The molecule has 0 amide bonds. The molecule has 15 heavy (non-hydrogen) atoms. The van der Waals surface area contributed by atoms with Crippen molar-refractivity contribution in [1.29, 1.82) is 0 Å². The highest BCUT2D eigenvalue weighted by Gasteiger charge is 2.37. The Morgan fingerprint density at radius 3 is 2.53 bits per heavy atom. The fourth-order valence-corrected chi connectivity index (χ4v) is 2.33. The van der Waals surface area contributed by atoms with E-state index in [0.29, 0.717) is 11.8 Å². The average Bonchev–Trinajstić information content (AvgIpc) is 2.62. The topological polar surface area (TPSA) is 20.3 Å². The third kappa shape index (κ3) is 2.81. The molecular weight excluding hydrogens is 186 g/mol. The van der Waals surface area contributed by atoms with Crippen molar-refractivity contribution >= 4 is 5.78 Å². The van der Waals surface area contributed by atoms with Crippen LogP contribution in [0, 0.1) is 5.41 Å². The van der Waals surface area contributed by atoms with Crippen LogP contribution in [-0.4, -0.2) is 29.3 Å². The van der Waals surface area contributed by atoms with E-state index < -0.39 is 0 Å². The lowest BCUT2D eigenvalue weighted by molar-refractivity contribution is -0.131. The fourth-order valence-electron chi connectivity index (χ4n) is 2.33. The Balaban J connectivity index is 2.73. The van der Waals surface area contributed by atoms with Crippen LogP contribution >= 0.6 is 0 Å². The van der Waals surface area contributed by atoms with Crippen LogP contribution in [0.1, 0.15) is 53.9 Å². The van der Waals surface area contributed by atoms with Gasteiger partial charge in [0.05, 0.1) is 6.04 Å². The first-order valence-electron chi connectivity index (χ1n) is 6.18. The highest BCUT2D eigenvalue weighted by atomic mass is 16.1. The van der Waals surface area contributed by atoms with Crippen LogP contribution in [0.5, 0.6) is 0 Å². The lowest BCUT2D eigenvalue weighted by atomic mass is 9.85. The molecule has 1 heterocycles. The Labute approximate surface area is 94.0 Å². The largest absolute Gasteiger partial charge is 0.297 e. The Morgan fingerprint density at radius 2 is 2.07 bits per heavy atom. The first kappa shape index (κ1) is 12.7. The summed E-state index contributed by atoms with van der Waals surface area (Å²) >= 11 is 0. The lowest BCUT2D eigenvalue weighted by Gasteiger charge is -2.32. The van der Waals surface area contributed by atoms with Gasteiger partial charge in [-0.3, -0.25) is 9.69 Å². The molecular formula is C13H25NO. The molecule has 0 bridgehead atoms. The third-order valence-corrected chi connectivity index (χ3v) is 3.49. The van der Waals surface area contributed by atoms with Gasteiger partial charge in [0.15, 0.2) is 5.78 Å². The average molecular weight is 211 g/mol. The second-order valence-electron chi connectivity index (χ2n) is 5.77. The van der Waals surface area contributed by atoms with Crippen LogP contribution in [0.25, 0.3) is 0 Å². The van der Waals surface area contributed by atoms with Crippen molar-refractivity contribution in [2.45, 2.75) is 66.0 Å². The Bertz CT molecular complexity index is 229. The quantitative estimate of drug-likeness (QED) is 0.715. The standard InChI is InChI=1S/C13H25NO/c1-6-10(2)14-9-7-8-11(14)12(15)13(3,4)5/h10-11H,6-9H2,1-5H3/t10?,11-/m0/s1. The minimum Gasteiger partial charge on any atom is -0.297 e. The van der Waals surface area contributed by atoms with Crippen LogP contribution in [0.4, 0.5) is 0 Å². The predicted octanol–water partition coefficient (Wildman–Crippen LogP) is 2.86. The van der Waals surface area contributed by atoms with Gasteiger partial charge in [-0.1, -0.05) is 27.7 Å². The van der Waals surface area contributed by atoms with E-state index >= 15 is 0 Å². The van der Waals surface area contributed by atoms with Crippen LogP contribution in [0.15, 0.2) is 0 Å². The number of carbonyl (C=O) groups excluding carboxylic acids is 1. The van der Waals surface area contributed by atoms with E-state index in [0.717, 1.165) is 19.4 Å². The molecule has 0 radical (unpaired) electrons. The van der Waals surface area contributed by atoms with Gasteiger partial charge >= 0.3 is 0 Å². The molecule has 0 aromatic carbocycles. The normalized spacial score (nSPS) is 25.5. The maximum atomic E-state index is 12.3. The van der Waals surface area contributed by atoms with Crippen molar-refractivity contribution in [2.24, 2.45) is 5.41 Å². The summed E-state index contributed by atoms with van der Waals surface area (Å²) in [6, 6.07) is 0.726. The summed E-state index contributed by atoms with van der Waals surface area (Å²) < 4.78 is 0. The van der Waals surface area contributed by atoms with E-state index in [1.165, 1.54) is 6.42 Å². The van der Waals surface area contributed by atoms with Crippen LogP contribution in [0.3, 0.4) is 0 Å². The smallest absolute Gasteiger partial charge is 0.155 e. The van der Waals surface area contributed by atoms with Gasteiger partial charge in [-0.15, -0.1) is 0 Å². The molecule has 0 aliphatic carbocycles. The van der Waals surface area contributed by atoms with Crippen molar-refractivity contribution in [3.05, 3.63) is 0 Å². The summed E-state index contributed by atoms with van der Waals surface area (Å²) in [5, 5.41) is 0. The summed E-state index contributed by atoms with van der Waals surface area (Å²) in [6.45, 7) is 11.6. The van der Waals surface area contributed by atoms with Crippen LogP contribution < -0.4 is 0 Å². The van der Waals surface area contributed by atoms with Gasteiger partial charge < -0.3 is 0 Å². The van der Waals surface area contributed by atoms with Crippen LogP contribution in [0.2, 0.25) is 0 Å². The first-order chi connectivity index (χ1) is 6.88. The van der Waals surface area contributed by atoms with Crippen molar-refractivity contribution < 1.29 is 4.79 Å². The lowest BCUT2D eigenvalue weighted by Crippen LogP contribution is -2.45. The molecule has 1 saturated heterocycles. The molecule has 1 rings (SSSR count). The molecule has 2 heteroatoms. The number of likely N-dealkylation sites (tertiary alicyclic amines) is 1. The highest BCUT2D eigenvalue weighted by molar-refractivity contribution is 5.89. The number of Topliss-reactive ketones (excluding diaryl/α,β-unsaturated/α-hetero) is 1. The monoisotopic (exact) mass is 211 g/mol. The van der Waals surface area contributed by atoms with Crippen molar-refractivity contribution in [1.82, 2.24) is 4.90 Å². The van der Waals surface area contributed by atoms with E-state index in [4.69, 9.17) is 0 Å². The molecule has 0 aromatic heterocycles. The van der Waals surface area contributed by atoms with E-state index in [-0.39, 0.29) is 11.5 Å². The zero-order valence-corrected chi connectivity index (χ0v) is 10.8. The molecule has 0 aromatic rings. The van der Waals surface area contributed by atoms with Crippen molar-refractivity contribution in [3.63, 3.8) is 0 Å². The molecule has 88 valence electrons. The van der Waals surface area contributed by atoms with Gasteiger partial charge in [0, 0.05) is 11.5 Å². The molecule has 1 unspecified atom stereocenters. The third-order valence-electron chi connectivity index (χ3n) is 3.49. The van der Waals surface area contributed by atoms with Crippen LogP contribution in [-0.2, 0) is 4.79 Å². The summed E-state index contributed by atoms with van der Waals surface area (Å²) in [6.07, 6.45) is 3.37. The van der Waals surface area contributed by atoms with E-state index in [1.54, 1.807) is 0 Å². The Kier molecular flexibility index (Phi) is 3.93. The number of hydrogen-bond acceptors (Lipinski definition) is 2. The summed E-state index contributed by atoms with van der Waals surface area (Å²) in [4.78, 5) is 14.7. The van der Waals surface area contributed by atoms with Gasteiger partial charge in [-0.05, 0) is 32.7 Å².